The molecule has 1 fully saturated rings. The molecule has 2 aromatic rings. The summed E-state index contributed by atoms with van der Waals surface area (Å²) in [5, 5.41) is 9.02. The van der Waals surface area contributed by atoms with Crippen LogP contribution < -0.4 is 15.4 Å². The van der Waals surface area contributed by atoms with E-state index in [4.69, 9.17) is 15.6 Å². The van der Waals surface area contributed by atoms with Crippen LogP contribution in [0, 0.1) is 0 Å². The highest BCUT2D eigenvalue weighted by atomic mass is 79.9. The molecule has 0 atom stereocenters. The van der Waals surface area contributed by atoms with E-state index in [1.54, 1.807) is 12.1 Å². The van der Waals surface area contributed by atoms with Gasteiger partial charge in [0.25, 0.3) is 0 Å². The molecule has 2 aliphatic rings. The largest absolute Gasteiger partial charge is 0.507 e. The zero-order chi connectivity index (χ0) is 21.3. The molecule has 4 rings (SSSR count). The maximum atomic E-state index is 9.02. The number of aryl methyl sites for hydroxylation is 1. The number of nitrogens with two attached hydrogens (primary N) is 1. The fourth-order valence-corrected chi connectivity index (χ4v) is 4.32. The molecule has 1 saturated heterocycles. The van der Waals surface area contributed by atoms with Crippen molar-refractivity contribution in [3.63, 3.8) is 0 Å². The molecule has 0 saturated carbocycles. The molecule has 164 valence electrons. The van der Waals surface area contributed by atoms with Crippen molar-refractivity contribution in [3.8, 4) is 11.5 Å². The molecule has 3 N–H and O–H groups in total. The number of hydrogen-bond acceptors (Lipinski definition) is 5. The Labute approximate surface area is 196 Å². The van der Waals surface area contributed by atoms with Gasteiger partial charge in [-0.3, -0.25) is 4.90 Å². The molecule has 2 aliphatic heterocycles. The average Bonchev–Trinajstić information content (AvgIpc) is 2.77. The van der Waals surface area contributed by atoms with Crippen molar-refractivity contribution in [2.75, 3.05) is 50.8 Å². The van der Waals surface area contributed by atoms with Crippen molar-refractivity contribution in [1.82, 2.24) is 4.90 Å². The van der Waals surface area contributed by atoms with E-state index in [0.29, 0.717) is 4.47 Å². The molecule has 0 amide bonds. The van der Waals surface area contributed by atoms with Crippen molar-refractivity contribution in [2.24, 2.45) is 5.73 Å². The summed E-state index contributed by atoms with van der Waals surface area (Å²) in [4.78, 5) is 5.04. The number of nitrogens with zero attached hydrogens (tertiary/aromatic N) is 2. The predicted octanol–water partition coefficient (Wildman–Crippen LogP) is 4.79. The smallest absolute Gasteiger partial charge is 0.130 e. The highest BCUT2D eigenvalue weighted by Gasteiger charge is 2.18. The molecule has 0 aliphatic carbocycles. The van der Waals surface area contributed by atoms with Crippen LogP contribution in [0.3, 0.4) is 0 Å². The Hall–Kier alpha value is -1.28. The van der Waals surface area contributed by atoms with E-state index < -0.39 is 0 Å². The highest BCUT2D eigenvalue weighted by molar-refractivity contribution is 9.11. The third-order valence-corrected chi connectivity index (χ3v) is 6.64. The lowest BCUT2D eigenvalue weighted by Gasteiger charge is -2.36. The average molecular weight is 541 g/mol. The molecule has 2 heterocycles. The quantitative estimate of drug-likeness (QED) is 0.534. The van der Waals surface area contributed by atoms with Crippen LogP contribution >= 0.6 is 31.9 Å². The van der Waals surface area contributed by atoms with E-state index in [1.807, 2.05) is 6.07 Å². The van der Waals surface area contributed by atoms with E-state index >= 15 is 0 Å². The number of rotatable bonds is 5. The van der Waals surface area contributed by atoms with Crippen LogP contribution in [-0.2, 0) is 6.42 Å². The zero-order valence-electron chi connectivity index (χ0n) is 17.3. The van der Waals surface area contributed by atoms with Gasteiger partial charge in [-0.2, -0.15) is 0 Å². The molecular weight excluding hydrogens is 510 g/mol. The van der Waals surface area contributed by atoms with Crippen LogP contribution in [0.25, 0.3) is 0 Å². The Morgan fingerprint density at radius 2 is 1.80 bits per heavy atom. The number of ether oxygens (including phenoxy) is 1. The van der Waals surface area contributed by atoms with E-state index in [0.717, 1.165) is 68.8 Å². The van der Waals surface area contributed by atoms with Gasteiger partial charge in [0.05, 0.1) is 11.1 Å². The third kappa shape index (κ3) is 6.87. The minimum atomic E-state index is 0.254. The zero-order valence-corrected chi connectivity index (χ0v) is 20.5. The van der Waals surface area contributed by atoms with Gasteiger partial charge in [0.2, 0.25) is 0 Å². The molecule has 30 heavy (non-hydrogen) atoms. The topological polar surface area (TPSA) is 62.0 Å². The van der Waals surface area contributed by atoms with Crippen LogP contribution in [-0.4, -0.2) is 55.9 Å². The Kier molecular flexibility index (Phi) is 9.30. The molecule has 0 spiro atoms. The molecule has 7 heteroatoms. The lowest BCUT2D eigenvalue weighted by molar-refractivity contribution is 0.253. The summed E-state index contributed by atoms with van der Waals surface area (Å²) >= 11 is 6.37. The second kappa shape index (κ2) is 11.9. The first-order valence-corrected chi connectivity index (χ1v) is 12.2. The van der Waals surface area contributed by atoms with E-state index in [-0.39, 0.29) is 5.75 Å². The van der Waals surface area contributed by atoms with Crippen LogP contribution in [0.15, 0.2) is 45.3 Å². The minimum absolute atomic E-state index is 0.254. The first-order chi connectivity index (χ1) is 14.6. The number of unbranched alkanes of at least 4 members (excludes halogenated alkanes) is 1. The number of fused-ring (bicyclic) bond motifs is 1. The van der Waals surface area contributed by atoms with Crippen LogP contribution in [0.5, 0.6) is 11.5 Å². The van der Waals surface area contributed by atoms with E-state index in [2.05, 4.69) is 59.9 Å². The van der Waals surface area contributed by atoms with Gasteiger partial charge in [0, 0.05) is 42.4 Å². The predicted molar refractivity (Wildman–Crippen MR) is 131 cm³/mol. The number of benzene rings is 2. The monoisotopic (exact) mass is 539 g/mol. The van der Waals surface area contributed by atoms with Crippen molar-refractivity contribution in [2.45, 2.75) is 25.7 Å². The number of anilines is 1. The van der Waals surface area contributed by atoms with Crippen LogP contribution in [0.1, 0.15) is 24.8 Å². The van der Waals surface area contributed by atoms with Gasteiger partial charge in [-0.1, -0.05) is 22.0 Å². The standard InChI is InChI=1S/C17H27N3O.C6H4Br2O/c18-7-1-2-8-19-9-11-20(12-10-19)16-6-5-15-4-3-13-21-17(15)14-16;7-4-1-2-5(8)6(9)3-4/h5-6,14H,1-4,7-13,18H2;1-3,9H. The summed E-state index contributed by atoms with van der Waals surface area (Å²) in [6, 6.07) is 12.0. The summed E-state index contributed by atoms with van der Waals surface area (Å²) in [6.07, 6.45) is 4.67. The Bertz CT molecular complexity index is 811. The number of aromatic hydroxyl groups is 1. The van der Waals surface area contributed by atoms with Crippen molar-refractivity contribution >= 4 is 37.5 Å². The number of phenolic OH excluding ortho intramolecular Hbond substituents is 1. The minimum Gasteiger partial charge on any atom is -0.507 e. The maximum absolute atomic E-state index is 9.02. The van der Waals surface area contributed by atoms with Gasteiger partial charge in [-0.05, 0) is 84.5 Å². The highest BCUT2D eigenvalue weighted by Crippen LogP contribution is 2.30. The van der Waals surface area contributed by atoms with E-state index in [9.17, 15) is 0 Å². The summed E-state index contributed by atoms with van der Waals surface area (Å²) in [6.45, 7) is 7.41. The number of hydrogen-bond donors (Lipinski definition) is 2. The maximum Gasteiger partial charge on any atom is 0.130 e. The Balaban J connectivity index is 0.000000239. The molecule has 5 nitrogen and oxygen atoms in total. The fraction of sp³-hybridized carbons (Fsp3) is 0.478. The number of piperazine rings is 1. The Morgan fingerprint density at radius 3 is 2.50 bits per heavy atom. The van der Waals surface area contributed by atoms with Crippen molar-refractivity contribution in [3.05, 3.63) is 50.9 Å². The summed E-state index contributed by atoms with van der Waals surface area (Å²) in [7, 11) is 0. The molecule has 0 bridgehead atoms. The van der Waals surface area contributed by atoms with Crippen molar-refractivity contribution < 1.29 is 9.84 Å². The normalized spacial score (nSPS) is 16.3. The van der Waals surface area contributed by atoms with Crippen LogP contribution in [0.2, 0.25) is 0 Å². The molecule has 2 aromatic carbocycles. The van der Waals surface area contributed by atoms with Gasteiger partial charge >= 0.3 is 0 Å². The molecule has 0 radical (unpaired) electrons. The molecule has 0 aromatic heterocycles. The fourth-order valence-electron chi connectivity index (χ4n) is 3.72. The molecule has 0 unspecified atom stereocenters. The van der Waals surface area contributed by atoms with Gasteiger partial charge in [0.1, 0.15) is 11.5 Å². The second-order valence-electron chi connectivity index (χ2n) is 7.66. The lowest BCUT2D eigenvalue weighted by atomic mass is 10.1. The Morgan fingerprint density at radius 1 is 1.00 bits per heavy atom. The summed E-state index contributed by atoms with van der Waals surface area (Å²) < 4.78 is 7.38. The summed E-state index contributed by atoms with van der Waals surface area (Å²) in [5.74, 6) is 1.36. The van der Waals surface area contributed by atoms with Gasteiger partial charge in [-0.25, -0.2) is 0 Å². The van der Waals surface area contributed by atoms with E-state index in [1.165, 1.54) is 24.2 Å². The van der Waals surface area contributed by atoms with Gasteiger partial charge in [0.15, 0.2) is 0 Å². The first kappa shape index (κ1) is 23.4. The summed E-state index contributed by atoms with van der Waals surface area (Å²) in [5.41, 5.74) is 8.24. The van der Waals surface area contributed by atoms with Crippen LogP contribution in [0.4, 0.5) is 5.69 Å². The number of phenols is 1. The second-order valence-corrected chi connectivity index (χ2v) is 9.43. The number of halogens is 2. The SMILES string of the molecule is NCCCCN1CCN(c2ccc3c(c2)OCCC3)CC1.Oc1cc(Br)ccc1Br. The van der Waals surface area contributed by atoms with Gasteiger partial charge < -0.3 is 20.5 Å². The van der Waals surface area contributed by atoms with Gasteiger partial charge in [-0.15, -0.1) is 0 Å². The molecular formula is C23H31Br2N3O2. The third-order valence-electron chi connectivity index (χ3n) is 5.47. The first-order valence-electron chi connectivity index (χ1n) is 10.6. The lowest BCUT2D eigenvalue weighted by Crippen LogP contribution is -2.46. The van der Waals surface area contributed by atoms with Crippen molar-refractivity contribution in [1.29, 1.82) is 0 Å².